The first-order valence-electron chi connectivity index (χ1n) is 8.24. The quantitative estimate of drug-likeness (QED) is 0.616. The number of aromatic nitrogens is 2. The van der Waals surface area contributed by atoms with E-state index in [2.05, 4.69) is 24.0 Å². The molecule has 2 aromatic carbocycles. The van der Waals surface area contributed by atoms with Crippen molar-refractivity contribution in [3.63, 3.8) is 0 Å². The predicted octanol–water partition coefficient (Wildman–Crippen LogP) is 4.56. The van der Waals surface area contributed by atoms with Crippen LogP contribution in [0.25, 0.3) is 11.4 Å². The Labute approximate surface area is 157 Å². The number of nitrogens with zero attached hydrogens (tertiary/aromatic N) is 2. The molecule has 0 spiro atoms. The lowest BCUT2D eigenvalue weighted by atomic mass is 10.0. The monoisotopic (exact) mass is 390 g/mol. The lowest BCUT2D eigenvalue weighted by Gasteiger charge is -2.06. The third-order valence-corrected chi connectivity index (χ3v) is 5.68. The van der Waals surface area contributed by atoms with Gasteiger partial charge in [-0.25, -0.2) is 8.42 Å². The Kier molecular flexibility index (Phi) is 5.44. The van der Waals surface area contributed by atoms with Crippen molar-refractivity contribution in [1.29, 1.82) is 0 Å². The van der Waals surface area contributed by atoms with E-state index in [1.807, 2.05) is 12.1 Å². The third-order valence-electron chi connectivity index (χ3n) is 3.81. The lowest BCUT2D eigenvalue weighted by molar-refractivity contribution is 0.389. The first kappa shape index (κ1) is 18.6. The minimum atomic E-state index is -3.55. The molecule has 0 radical (unpaired) electrons. The van der Waals surface area contributed by atoms with E-state index in [1.54, 1.807) is 36.4 Å². The number of hydrogen-bond acceptors (Lipinski definition) is 5. The van der Waals surface area contributed by atoms with Crippen LogP contribution in [0.2, 0.25) is 5.02 Å². The fourth-order valence-electron chi connectivity index (χ4n) is 2.58. The molecule has 26 heavy (non-hydrogen) atoms. The van der Waals surface area contributed by atoms with E-state index in [0.29, 0.717) is 22.3 Å². The Balaban J connectivity index is 1.76. The highest BCUT2D eigenvalue weighted by Gasteiger charge is 2.20. The van der Waals surface area contributed by atoms with Gasteiger partial charge in [0.05, 0.1) is 4.90 Å². The molecule has 0 aliphatic carbocycles. The maximum atomic E-state index is 12.6. The van der Waals surface area contributed by atoms with Crippen molar-refractivity contribution >= 4 is 21.4 Å². The Hall–Kier alpha value is -2.18. The minimum absolute atomic E-state index is 0.0567. The molecule has 0 fully saturated rings. The first-order chi connectivity index (χ1) is 12.3. The van der Waals surface area contributed by atoms with Crippen LogP contribution in [0.3, 0.4) is 0 Å². The molecule has 0 atom stereocenters. The van der Waals surface area contributed by atoms with Gasteiger partial charge in [-0.15, -0.1) is 0 Å². The molecule has 136 valence electrons. The van der Waals surface area contributed by atoms with Crippen LogP contribution in [0.15, 0.2) is 57.9 Å². The van der Waals surface area contributed by atoms with Gasteiger partial charge in [0.15, 0.2) is 9.84 Å². The highest BCUT2D eigenvalue weighted by Crippen LogP contribution is 2.21. The summed E-state index contributed by atoms with van der Waals surface area (Å²) in [6.45, 7) is 4.25. The summed E-state index contributed by atoms with van der Waals surface area (Å²) in [6.07, 6.45) is 0.911. The molecule has 3 rings (SSSR count). The van der Waals surface area contributed by atoms with Gasteiger partial charge in [0.25, 0.3) is 0 Å². The van der Waals surface area contributed by atoms with E-state index in [9.17, 15) is 8.42 Å². The molecular weight excluding hydrogens is 372 g/mol. The number of rotatable bonds is 6. The molecular formula is C19H19ClN2O3S. The molecule has 0 bridgehead atoms. The van der Waals surface area contributed by atoms with Crippen LogP contribution in [-0.4, -0.2) is 18.6 Å². The SMILES string of the molecule is CC(C)Cc1ccc(S(=O)(=O)Cc2nc(-c3ccc(Cl)cc3)no2)cc1. The van der Waals surface area contributed by atoms with E-state index < -0.39 is 9.84 Å². The smallest absolute Gasteiger partial charge is 0.242 e. The van der Waals surface area contributed by atoms with Gasteiger partial charge in [0.2, 0.25) is 11.7 Å². The maximum Gasteiger partial charge on any atom is 0.242 e. The van der Waals surface area contributed by atoms with Crippen LogP contribution in [0.4, 0.5) is 0 Å². The Morgan fingerprint density at radius 2 is 1.69 bits per heavy atom. The highest BCUT2D eigenvalue weighted by atomic mass is 35.5. The fraction of sp³-hybridized carbons (Fsp3) is 0.263. The van der Waals surface area contributed by atoms with E-state index in [1.165, 1.54) is 0 Å². The van der Waals surface area contributed by atoms with Crippen LogP contribution in [0.1, 0.15) is 25.3 Å². The zero-order valence-electron chi connectivity index (χ0n) is 14.5. The zero-order valence-corrected chi connectivity index (χ0v) is 16.1. The summed E-state index contributed by atoms with van der Waals surface area (Å²) in [4.78, 5) is 4.42. The van der Waals surface area contributed by atoms with E-state index in [-0.39, 0.29) is 16.5 Å². The lowest BCUT2D eigenvalue weighted by Crippen LogP contribution is -2.05. The summed E-state index contributed by atoms with van der Waals surface area (Å²) >= 11 is 5.85. The van der Waals surface area contributed by atoms with E-state index >= 15 is 0 Å². The van der Waals surface area contributed by atoms with Gasteiger partial charge in [0, 0.05) is 10.6 Å². The average Bonchev–Trinajstić information content (AvgIpc) is 3.03. The maximum absolute atomic E-state index is 12.6. The van der Waals surface area contributed by atoms with Gasteiger partial charge in [0.1, 0.15) is 5.75 Å². The van der Waals surface area contributed by atoms with Gasteiger partial charge in [-0.05, 0) is 54.3 Å². The van der Waals surface area contributed by atoms with Crippen LogP contribution in [0.5, 0.6) is 0 Å². The van der Waals surface area contributed by atoms with Crippen molar-refractivity contribution < 1.29 is 12.9 Å². The minimum Gasteiger partial charge on any atom is -0.338 e. The van der Waals surface area contributed by atoms with Gasteiger partial charge >= 0.3 is 0 Å². The third kappa shape index (κ3) is 4.51. The Morgan fingerprint density at radius 3 is 2.31 bits per heavy atom. The Bertz CT molecular complexity index is 978. The molecule has 5 nitrogen and oxygen atoms in total. The Morgan fingerprint density at radius 1 is 1.04 bits per heavy atom. The fourth-order valence-corrected chi connectivity index (χ4v) is 3.87. The molecule has 0 unspecified atom stereocenters. The van der Waals surface area contributed by atoms with Crippen molar-refractivity contribution in [3.8, 4) is 11.4 Å². The molecule has 7 heteroatoms. The van der Waals surface area contributed by atoms with Crippen LogP contribution in [-0.2, 0) is 22.0 Å². The normalized spacial score (nSPS) is 11.8. The van der Waals surface area contributed by atoms with Crippen LogP contribution >= 0.6 is 11.6 Å². The number of hydrogen-bond donors (Lipinski definition) is 0. The molecule has 1 heterocycles. The highest BCUT2D eigenvalue weighted by molar-refractivity contribution is 7.90. The topological polar surface area (TPSA) is 73.1 Å². The van der Waals surface area contributed by atoms with Gasteiger partial charge in [-0.2, -0.15) is 4.98 Å². The first-order valence-corrected chi connectivity index (χ1v) is 10.3. The number of sulfone groups is 1. The van der Waals surface area contributed by atoms with Gasteiger partial charge < -0.3 is 4.52 Å². The summed E-state index contributed by atoms with van der Waals surface area (Å²) in [5.41, 5.74) is 1.82. The summed E-state index contributed by atoms with van der Waals surface area (Å²) in [6, 6.07) is 13.9. The van der Waals surface area contributed by atoms with Crippen molar-refractivity contribution in [2.75, 3.05) is 0 Å². The molecule has 0 aliphatic rings. The van der Waals surface area contributed by atoms with Crippen molar-refractivity contribution in [2.24, 2.45) is 5.92 Å². The summed E-state index contributed by atoms with van der Waals surface area (Å²) in [7, 11) is -3.55. The number of benzene rings is 2. The molecule has 0 saturated carbocycles. The predicted molar refractivity (Wildman–Crippen MR) is 101 cm³/mol. The van der Waals surface area contributed by atoms with Crippen molar-refractivity contribution in [2.45, 2.75) is 30.9 Å². The second-order valence-corrected chi connectivity index (χ2v) is 8.95. The van der Waals surface area contributed by atoms with Gasteiger partial charge in [-0.3, -0.25) is 0 Å². The molecule has 3 aromatic rings. The molecule has 0 amide bonds. The van der Waals surface area contributed by atoms with Crippen LogP contribution in [0, 0.1) is 5.92 Å². The van der Waals surface area contributed by atoms with E-state index in [4.69, 9.17) is 16.1 Å². The summed E-state index contributed by atoms with van der Waals surface area (Å²) in [5.74, 6) is 0.569. The van der Waals surface area contributed by atoms with Crippen molar-refractivity contribution in [1.82, 2.24) is 10.1 Å². The van der Waals surface area contributed by atoms with Crippen molar-refractivity contribution in [3.05, 3.63) is 65.0 Å². The van der Waals surface area contributed by atoms with Gasteiger partial charge in [-0.1, -0.05) is 42.7 Å². The molecule has 0 N–H and O–H groups in total. The largest absolute Gasteiger partial charge is 0.338 e. The molecule has 0 saturated heterocycles. The van der Waals surface area contributed by atoms with E-state index in [0.717, 1.165) is 12.0 Å². The number of halogens is 1. The molecule has 1 aromatic heterocycles. The standard InChI is InChI=1S/C19H19ClN2O3S/c1-13(2)11-14-3-9-17(10-4-14)26(23,24)12-18-21-19(22-25-18)15-5-7-16(20)8-6-15/h3-10,13H,11-12H2,1-2H3. The van der Waals surface area contributed by atoms with Crippen LogP contribution < -0.4 is 0 Å². The second kappa shape index (κ2) is 7.60. The summed E-state index contributed by atoms with van der Waals surface area (Å²) in [5, 5.41) is 4.45. The molecule has 0 aliphatic heterocycles. The zero-order chi connectivity index (χ0) is 18.7. The summed E-state index contributed by atoms with van der Waals surface area (Å²) < 4.78 is 30.3. The second-order valence-electron chi connectivity index (χ2n) is 6.52. The average molecular weight is 391 g/mol.